The summed E-state index contributed by atoms with van der Waals surface area (Å²) in [4.78, 5) is 11.8. The number of nitrogens with one attached hydrogen (secondary N) is 1. The second kappa shape index (κ2) is 6.16. The van der Waals surface area contributed by atoms with E-state index in [0.29, 0.717) is 12.1 Å². The van der Waals surface area contributed by atoms with Crippen molar-refractivity contribution in [3.05, 3.63) is 29.8 Å². The Morgan fingerprint density at radius 1 is 1.37 bits per heavy atom. The molecule has 6 heteroatoms. The van der Waals surface area contributed by atoms with E-state index in [2.05, 4.69) is 5.32 Å². The SMILES string of the molecule is CCNC(=O)c1cccc(S(=O)(=O)N(C)C(C)C)c1. The Kier molecular flexibility index (Phi) is 5.08. The second-order valence-corrected chi connectivity index (χ2v) is 6.50. The van der Waals surface area contributed by atoms with Gasteiger partial charge in [0.15, 0.2) is 0 Å². The third-order valence-corrected chi connectivity index (χ3v) is 4.87. The highest BCUT2D eigenvalue weighted by Crippen LogP contribution is 2.17. The summed E-state index contributed by atoms with van der Waals surface area (Å²) in [6, 6.07) is 5.93. The van der Waals surface area contributed by atoms with Gasteiger partial charge in [-0.3, -0.25) is 4.79 Å². The molecule has 0 aliphatic heterocycles. The van der Waals surface area contributed by atoms with Crippen molar-refractivity contribution in [3.63, 3.8) is 0 Å². The van der Waals surface area contributed by atoms with Gasteiger partial charge in [-0.15, -0.1) is 0 Å². The average molecular weight is 284 g/mol. The Bertz CT molecular complexity index is 553. The molecule has 1 amide bonds. The van der Waals surface area contributed by atoms with Crippen molar-refractivity contribution in [2.75, 3.05) is 13.6 Å². The number of rotatable bonds is 5. The average Bonchev–Trinajstić information content (AvgIpc) is 2.38. The van der Waals surface area contributed by atoms with Crippen molar-refractivity contribution in [2.45, 2.75) is 31.7 Å². The van der Waals surface area contributed by atoms with Crippen LogP contribution in [0.15, 0.2) is 29.2 Å². The first-order valence-corrected chi connectivity index (χ1v) is 7.61. The van der Waals surface area contributed by atoms with Crippen LogP contribution in [0.25, 0.3) is 0 Å². The van der Waals surface area contributed by atoms with Gasteiger partial charge in [-0.25, -0.2) is 8.42 Å². The molecule has 1 N–H and O–H groups in total. The molecule has 0 bridgehead atoms. The standard InChI is InChI=1S/C13H20N2O3S/c1-5-14-13(16)11-7-6-8-12(9-11)19(17,18)15(4)10(2)3/h6-10H,5H2,1-4H3,(H,14,16). The van der Waals surface area contributed by atoms with E-state index in [1.54, 1.807) is 26.0 Å². The van der Waals surface area contributed by atoms with Gasteiger partial charge in [-0.2, -0.15) is 4.31 Å². The molecule has 0 aromatic heterocycles. The molecule has 0 aliphatic carbocycles. The molecule has 0 saturated carbocycles. The van der Waals surface area contributed by atoms with Gasteiger partial charge in [0.05, 0.1) is 4.90 Å². The van der Waals surface area contributed by atoms with Crippen molar-refractivity contribution in [2.24, 2.45) is 0 Å². The van der Waals surface area contributed by atoms with Gasteiger partial charge in [-0.05, 0) is 39.0 Å². The van der Waals surface area contributed by atoms with E-state index in [-0.39, 0.29) is 16.8 Å². The third-order valence-electron chi connectivity index (χ3n) is 2.84. The number of nitrogens with zero attached hydrogens (tertiary/aromatic N) is 1. The summed E-state index contributed by atoms with van der Waals surface area (Å²) in [5.74, 6) is -0.272. The Hall–Kier alpha value is -1.40. The minimum atomic E-state index is -3.56. The van der Waals surface area contributed by atoms with Crippen LogP contribution in [0, 0.1) is 0 Å². The van der Waals surface area contributed by atoms with E-state index in [9.17, 15) is 13.2 Å². The van der Waals surface area contributed by atoms with Crippen LogP contribution in [0.5, 0.6) is 0 Å². The number of hydrogen-bond donors (Lipinski definition) is 1. The maximum absolute atomic E-state index is 12.3. The number of carbonyl (C=O) groups excluding carboxylic acids is 1. The molecule has 0 atom stereocenters. The monoisotopic (exact) mass is 284 g/mol. The fourth-order valence-corrected chi connectivity index (χ4v) is 2.92. The number of amides is 1. The fourth-order valence-electron chi connectivity index (χ4n) is 1.50. The van der Waals surface area contributed by atoms with Crippen LogP contribution in [0.2, 0.25) is 0 Å². The summed E-state index contributed by atoms with van der Waals surface area (Å²) in [5, 5.41) is 2.65. The number of sulfonamides is 1. The Balaban J connectivity index is 3.16. The molecule has 1 rings (SSSR count). The minimum absolute atomic E-state index is 0.132. The number of carbonyl (C=O) groups is 1. The van der Waals surface area contributed by atoms with Gasteiger partial charge in [0, 0.05) is 25.2 Å². The highest BCUT2D eigenvalue weighted by Gasteiger charge is 2.23. The molecule has 1 aromatic rings. The highest BCUT2D eigenvalue weighted by atomic mass is 32.2. The normalized spacial score (nSPS) is 11.9. The molecule has 0 saturated heterocycles. The van der Waals surface area contributed by atoms with E-state index in [0.717, 1.165) is 0 Å². The first-order chi connectivity index (χ1) is 8.80. The van der Waals surface area contributed by atoms with Gasteiger partial charge in [0.2, 0.25) is 10.0 Å². The van der Waals surface area contributed by atoms with Gasteiger partial charge in [0.1, 0.15) is 0 Å². The zero-order valence-corrected chi connectivity index (χ0v) is 12.5. The summed E-state index contributed by atoms with van der Waals surface area (Å²) < 4.78 is 25.9. The largest absolute Gasteiger partial charge is 0.352 e. The van der Waals surface area contributed by atoms with E-state index >= 15 is 0 Å². The Morgan fingerprint density at radius 3 is 2.53 bits per heavy atom. The lowest BCUT2D eigenvalue weighted by Gasteiger charge is -2.21. The van der Waals surface area contributed by atoms with E-state index in [1.807, 2.05) is 6.92 Å². The number of hydrogen-bond acceptors (Lipinski definition) is 3. The summed E-state index contributed by atoms with van der Waals surface area (Å²) in [5.41, 5.74) is 0.347. The molecule has 0 unspecified atom stereocenters. The maximum Gasteiger partial charge on any atom is 0.251 e. The van der Waals surface area contributed by atoms with Crippen molar-refractivity contribution in [1.82, 2.24) is 9.62 Å². The molecule has 0 fully saturated rings. The molecule has 19 heavy (non-hydrogen) atoms. The molecule has 0 spiro atoms. The molecular weight excluding hydrogens is 264 g/mol. The van der Waals surface area contributed by atoms with Gasteiger partial charge in [0.25, 0.3) is 5.91 Å². The van der Waals surface area contributed by atoms with E-state index < -0.39 is 10.0 Å². The molecule has 0 radical (unpaired) electrons. The van der Waals surface area contributed by atoms with Crippen LogP contribution < -0.4 is 5.32 Å². The topological polar surface area (TPSA) is 66.5 Å². The van der Waals surface area contributed by atoms with Gasteiger partial charge in [-0.1, -0.05) is 6.07 Å². The lowest BCUT2D eigenvalue weighted by Crippen LogP contribution is -2.33. The predicted octanol–water partition coefficient (Wildman–Crippen LogP) is 1.47. The van der Waals surface area contributed by atoms with Crippen LogP contribution in [0.3, 0.4) is 0 Å². The molecule has 106 valence electrons. The zero-order chi connectivity index (χ0) is 14.6. The highest BCUT2D eigenvalue weighted by molar-refractivity contribution is 7.89. The quantitative estimate of drug-likeness (QED) is 0.890. The zero-order valence-electron chi connectivity index (χ0n) is 11.7. The van der Waals surface area contributed by atoms with Gasteiger partial charge < -0.3 is 5.32 Å². The third kappa shape index (κ3) is 3.54. The van der Waals surface area contributed by atoms with Crippen LogP contribution in [-0.4, -0.2) is 38.3 Å². The summed E-state index contributed by atoms with van der Waals surface area (Å²) in [6.45, 7) is 5.91. The van der Waals surface area contributed by atoms with Crippen molar-refractivity contribution in [3.8, 4) is 0 Å². The lowest BCUT2D eigenvalue weighted by molar-refractivity contribution is 0.0955. The van der Waals surface area contributed by atoms with Crippen LogP contribution >= 0.6 is 0 Å². The van der Waals surface area contributed by atoms with Crippen molar-refractivity contribution in [1.29, 1.82) is 0 Å². The van der Waals surface area contributed by atoms with Crippen LogP contribution in [0.1, 0.15) is 31.1 Å². The summed E-state index contributed by atoms with van der Waals surface area (Å²) in [6.07, 6.45) is 0. The first kappa shape index (κ1) is 15.7. The fraction of sp³-hybridized carbons (Fsp3) is 0.462. The summed E-state index contributed by atoms with van der Waals surface area (Å²) >= 11 is 0. The summed E-state index contributed by atoms with van der Waals surface area (Å²) in [7, 11) is -2.03. The predicted molar refractivity (Wildman–Crippen MR) is 74.5 cm³/mol. The second-order valence-electron chi connectivity index (χ2n) is 4.50. The van der Waals surface area contributed by atoms with Crippen LogP contribution in [0.4, 0.5) is 0 Å². The van der Waals surface area contributed by atoms with Crippen molar-refractivity contribution >= 4 is 15.9 Å². The lowest BCUT2D eigenvalue weighted by atomic mass is 10.2. The molecular formula is C13H20N2O3S. The smallest absolute Gasteiger partial charge is 0.251 e. The Morgan fingerprint density at radius 2 is 2.00 bits per heavy atom. The van der Waals surface area contributed by atoms with E-state index in [1.165, 1.54) is 23.5 Å². The maximum atomic E-state index is 12.3. The molecule has 0 heterocycles. The Labute approximate surface area is 114 Å². The first-order valence-electron chi connectivity index (χ1n) is 6.17. The molecule has 5 nitrogen and oxygen atoms in total. The minimum Gasteiger partial charge on any atom is -0.352 e. The van der Waals surface area contributed by atoms with Gasteiger partial charge >= 0.3 is 0 Å². The van der Waals surface area contributed by atoms with Crippen LogP contribution in [-0.2, 0) is 10.0 Å². The van der Waals surface area contributed by atoms with E-state index in [4.69, 9.17) is 0 Å². The number of benzene rings is 1. The molecule has 0 aliphatic rings. The van der Waals surface area contributed by atoms with Crippen molar-refractivity contribution < 1.29 is 13.2 Å². The molecule has 1 aromatic carbocycles.